The number of imide groups is 1. The maximum absolute atomic E-state index is 10.7. The molecule has 2 aliphatic rings. The summed E-state index contributed by atoms with van der Waals surface area (Å²) in [5.41, 5.74) is 4.47. The Morgan fingerprint density at radius 3 is 1.94 bits per heavy atom. The van der Waals surface area contributed by atoms with Crippen molar-refractivity contribution in [3.8, 4) is 0 Å². The number of nitrogens with zero attached hydrogens (tertiary/aromatic N) is 1. The van der Waals surface area contributed by atoms with Crippen LogP contribution in [0.4, 0.5) is 0 Å². The first-order valence-corrected chi connectivity index (χ1v) is 5.53. The fraction of sp³-hybridized carbons (Fsp3) is 0.600. The monoisotopic (exact) mass is 256 g/mol. The van der Waals surface area contributed by atoms with Gasteiger partial charge in [0, 0.05) is 24.7 Å². The number of hydrogen-bond donors (Lipinski definition) is 3. The van der Waals surface area contributed by atoms with Crippen LogP contribution in [0.25, 0.3) is 0 Å². The van der Waals surface area contributed by atoms with Crippen molar-refractivity contribution in [2.45, 2.75) is 26.7 Å². The molecule has 0 aromatic rings. The predicted molar refractivity (Wildman–Crippen MR) is 59.9 cm³/mol. The predicted octanol–water partition coefficient (Wildman–Crippen LogP) is -1.57. The van der Waals surface area contributed by atoms with E-state index in [1.165, 1.54) is 0 Å². The Balaban J connectivity index is 0.000000180. The Morgan fingerprint density at radius 1 is 1.06 bits per heavy atom. The lowest BCUT2D eigenvalue weighted by atomic mass is 10.1. The zero-order chi connectivity index (χ0) is 13.9. The highest BCUT2D eigenvalue weighted by Gasteiger charge is 2.33. The summed E-state index contributed by atoms with van der Waals surface area (Å²) in [6.45, 7) is 3.40. The molecule has 2 aliphatic heterocycles. The van der Waals surface area contributed by atoms with E-state index in [1.54, 1.807) is 13.8 Å². The van der Waals surface area contributed by atoms with Crippen LogP contribution in [0.15, 0.2) is 0 Å². The maximum Gasteiger partial charge on any atom is 0.246 e. The van der Waals surface area contributed by atoms with Crippen molar-refractivity contribution >= 4 is 23.6 Å². The maximum atomic E-state index is 10.7. The largest absolute Gasteiger partial charge is 0.273 e. The Hall–Kier alpha value is -1.96. The highest BCUT2D eigenvalue weighted by atomic mass is 16.2. The summed E-state index contributed by atoms with van der Waals surface area (Å²) in [5, 5.41) is 0.685. The average molecular weight is 256 g/mol. The van der Waals surface area contributed by atoms with Gasteiger partial charge in [0.2, 0.25) is 23.6 Å². The SMILES string of the molecule is CC1CC(=O)N(N)C1=O.CC1CC(=O)NNC1=O. The van der Waals surface area contributed by atoms with Crippen LogP contribution in [0.1, 0.15) is 26.7 Å². The summed E-state index contributed by atoms with van der Waals surface area (Å²) in [6.07, 6.45) is 0.557. The van der Waals surface area contributed by atoms with Gasteiger partial charge in [-0.3, -0.25) is 30.0 Å². The van der Waals surface area contributed by atoms with Crippen LogP contribution < -0.4 is 16.7 Å². The van der Waals surface area contributed by atoms with Gasteiger partial charge in [0.05, 0.1) is 0 Å². The van der Waals surface area contributed by atoms with Crippen LogP contribution >= 0.6 is 0 Å². The van der Waals surface area contributed by atoms with E-state index in [-0.39, 0.29) is 41.9 Å². The minimum absolute atomic E-state index is 0.116. The minimum Gasteiger partial charge on any atom is -0.273 e. The molecule has 2 fully saturated rings. The van der Waals surface area contributed by atoms with Crippen LogP contribution in [-0.2, 0) is 19.2 Å². The van der Waals surface area contributed by atoms with Gasteiger partial charge in [-0.1, -0.05) is 13.8 Å². The number of carbonyl (C=O) groups excluding carboxylic acids is 4. The van der Waals surface area contributed by atoms with Gasteiger partial charge in [0.15, 0.2) is 0 Å². The number of hydrogen-bond acceptors (Lipinski definition) is 5. The number of rotatable bonds is 0. The zero-order valence-corrected chi connectivity index (χ0v) is 10.2. The molecule has 2 rings (SSSR count). The smallest absolute Gasteiger partial charge is 0.246 e. The second-order valence-corrected chi connectivity index (χ2v) is 4.35. The molecule has 2 atom stereocenters. The lowest BCUT2D eigenvalue weighted by molar-refractivity contribution is -0.139. The van der Waals surface area contributed by atoms with Crippen LogP contribution in [0.3, 0.4) is 0 Å². The van der Waals surface area contributed by atoms with E-state index in [0.717, 1.165) is 0 Å². The van der Waals surface area contributed by atoms with Gasteiger partial charge in [0.1, 0.15) is 0 Å². The second kappa shape index (κ2) is 5.58. The summed E-state index contributed by atoms with van der Waals surface area (Å²) < 4.78 is 0. The van der Waals surface area contributed by atoms with Gasteiger partial charge in [-0.05, 0) is 0 Å². The third kappa shape index (κ3) is 3.27. The van der Waals surface area contributed by atoms with Crippen molar-refractivity contribution in [3.63, 3.8) is 0 Å². The molecule has 0 spiro atoms. The van der Waals surface area contributed by atoms with Gasteiger partial charge in [-0.2, -0.15) is 0 Å². The zero-order valence-electron chi connectivity index (χ0n) is 10.2. The number of carbonyl (C=O) groups is 4. The molecule has 0 aliphatic carbocycles. The molecule has 0 saturated carbocycles. The summed E-state index contributed by atoms with van der Waals surface area (Å²) in [6, 6.07) is 0. The molecule has 0 aromatic carbocycles. The number of nitrogens with two attached hydrogens (primary N) is 1. The van der Waals surface area contributed by atoms with Crippen molar-refractivity contribution in [1.29, 1.82) is 0 Å². The van der Waals surface area contributed by atoms with Gasteiger partial charge in [-0.15, -0.1) is 0 Å². The van der Waals surface area contributed by atoms with Gasteiger partial charge in [0.25, 0.3) is 0 Å². The van der Waals surface area contributed by atoms with Crippen molar-refractivity contribution < 1.29 is 19.2 Å². The molecule has 0 aromatic heterocycles. The third-order valence-electron chi connectivity index (χ3n) is 2.67. The molecule has 0 bridgehead atoms. The molecule has 2 heterocycles. The van der Waals surface area contributed by atoms with E-state index < -0.39 is 0 Å². The number of amides is 4. The molecule has 2 unspecified atom stereocenters. The molecule has 4 amide bonds. The summed E-state index contributed by atoms with van der Waals surface area (Å²) in [4.78, 5) is 42.4. The topological polar surface area (TPSA) is 122 Å². The Bertz CT molecular complexity index is 393. The highest BCUT2D eigenvalue weighted by molar-refractivity contribution is 6.02. The Labute approximate surface area is 104 Å². The molecule has 0 radical (unpaired) electrons. The third-order valence-corrected chi connectivity index (χ3v) is 2.67. The van der Waals surface area contributed by atoms with Gasteiger partial charge in [-0.25, -0.2) is 10.9 Å². The van der Waals surface area contributed by atoms with E-state index >= 15 is 0 Å². The number of nitrogens with one attached hydrogen (secondary N) is 2. The Kier molecular flexibility index (Phi) is 4.38. The van der Waals surface area contributed by atoms with Crippen molar-refractivity contribution in [3.05, 3.63) is 0 Å². The quantitative estimate of drug-likeness (QED) is 0.274. The molecule has 2 saturated heterocycles. The molecular formula is C10H16N4O4. The van der Waals surface area contributed by atoms with Crippen LogP contribution in [-0.4, -0.2) is 28.6 Å². The average Bonchev–Trinajstić information content (AvgIpc) is 2.52. The highest BCUT2D eigenvalue weighted by Crippen LogP contribution is 2.14. The summed E-state index contributed by atoms with van der Waals surface area (Å²) in [7, 11) is 0. The van der Waals surface area contributed by atoms with Gasteiger partial charge >= 0.3 is 0 Å². The summed E-state index contributed by atoms with van der Waals surface area (Å²) >= 11 is 0. The molecule has 4 N–H and O–H groups in total. The molecule has 18 heavy (non-hydrogen) atoms. The first-order valence-electron chi connectivity index (χ1n) is 5.53. The molecule has 8 nitrogen and oxygen atoms in total. The van der Waals surface area contributed by atoms with Gasteiger partial charge < -0.3 is 0 Å². The fourth-order valence-corrected chi connectivity index (χ4v) is 1.48. The second-order valence-electron chi connectivity index (χ2n) is 4.35. The minimum atomic E-state index is -0.285. The van der Waals surface area contributed by atoms with E-state index in [9.17, 15) is 19.2 Å². The van der Waals surface area contributed by atoms with Crippen molar-refractivity contribution in [2.75, 3.05) is 0 Å². The normalized spacial score (nSPS) is 27.4. The standard InChI is InChI=1S/2C5H8N2O2/c1-3-2-4(8)7(6)5(3)9;1-3-2-4(8)6-7-5(3)9/h3H,2,6H2,1H3;3H,2H2,1H3,(H,6,8)(H,7,9). The number of hydrazine groups is 2. The lowest BCUT2D eigenvalue weighted by Gasteiger charge is -2.17. The van der Waals surface area contributed by atoms with E-state index in [1.807, 2.05) is 0 Å². The van der Waals surface area contributed by atoms with E-state index in [2.05, 4.69) is 10.9 Å². The first kappa shape index (κ1) is 14.1. The Morgan fingerprint density at radius 2 is 1.67 bits per heavy atom. The van der Waals surface area contributed by atoms with E-state index in [0.29, 0.717) is 11.4 Å². The molecule has 8 heteroatoms. The fourth-order valence-electron chi connectivity index (χ4n) is 1.48. The van der Waals surface area contributed by atoms with E-state index in [4.69, 9.17) is 5.84 Å². The molecular weight excluding hydrogens is 240 g/mol. The van der Waals surface area contributed by atoms with Crippen LogP contribution in [0.2, 0.25) is 0 Å². The lowest BCUT2D eigenvalue weighted by Crippen LogP contribution is -2.50. The van der Waals surface area contributed by atoms with Crippen LogP contribution in [0, 0.1) is 11.8 Å². The first-order chi connectivity index (χ1) is 8.32. The van der Waals surface area contributed by atoms with Crippen molar-refractivity contribution in [2.24, 2.45) is 17.7 Å². The molecule has 100 valence electrons. The summed E-state index contributed by atoms with van der Waals surface area (Å²) in [5.74, 6) is 3.84. The van der Waals surface area contributed by atoms with Crippen LogP contribution in [0.5, 0.6) is 0 Å². The van der Waals surface area contributed by atoms with Crippen molar-refractivity contribution in [1.82, 2.24) is 15.9 Å².